The van der Waals surface area contributed by atoms with Gasteiger partial charge in [0.15, 0.2) is 5.69 Å². The number of carbonyl (C=O) groups is 2. The smallest absolute Gasteiger partial charge is 0.274 e. The van der Waals surface area contributed by atoms with Gasteiger partial charge in [0.25, 0.3) is 5.91 Å². The molecule has 2 N–H and O–H groups in total. The number of hydrogen-bond acceptors (Lipinski definition) is 7. The van der Waals surface area contributed by atoms with E-state index in [1.54, 1.807) is 11.1 Å². The van der Waals surface area contributed by atoms with Crippen LogP contribution in [-0.4, -0.2) is 51.3 Å². The Morgan fingerprint density at radius 1 is 1.29 bits per heavy atom. The maximum atomic E-state index is 13.6. The van der Waals surface area contributed by atoms with Gasteiger partial charge in [-0.2, -0.15) is 0 Å². The van der Waals surface area contributed by atoms with Crippen LogP contribution < -0.4 is 10.6 Å². The van der Waals surface area contributed by atoms with Gasteiger partial charge >= 0.3 is 0 Å². The molecule has 1 unspecified atom stereocenters. The number of aromatic nitrogens is 3. The van der Waals surface area contributed by atoms with Gasteiger partial charge < -0.3 is 15.5 Å². The van der Waals surface area contributed by atoms with Crippen molar-refractivity contribution in [2.45, 2.75) is 40.2 Å². The minimum Gasteiger partial charge on any atom is -0.355 e. The molecule has 8 nitrogen and oxygen atoms in total. The maximum absolute atomic E-state index is 13.6. The van der Waals surface area contributed by atoms with E-state index in [1.165, 1.54) is 17.4 Å². The number of rotatable bonds is 6. The number of nitrogens with one attached hydrogen (secondary N) is 2. The Morgan fingerprint density at radius 3 is 2.82 bits per heavy atom. The standard InChI is InChI=1S/C24H29FN6O2S/c1-14(16-9-17(25)11-26-10-16)28-23-29-18-6-8-34-20(18)19(30-23)22(33)31-7-5-15(12-31)21(32)27-13-24(2,3)4/h6,8-11,14-15H,5,7,12-13H2,1-4H3,(H,27,32)(H,28,29,30)/t14-,15?/m0/s1. The van der Waals surface area contributed by atoms with Gasteiger partial charge in [-0.15, -0.1) is 11.3 Å². The molecule has 0 aromatic carbocycles. The highest BCUT2D eigenvalue weighted by Gasteiger charge is 2.33. The predicted octanol–water partition coefficient (Wildman–Crippen LogP) is 4.02. The number of halogens is 1. The average Bonchev–Trinajstić information content (AvgIpc) is 3.46. The van der Waals surface area contributed by atoms with E-state index in [4.69, 9.17) is 0 Å². The first-order valence-electron chi connectivity index (χ1n) is 11.3. The van der Waals surface area contributed by atoms with Gasteiger partial charge in [0.2, 0.25) is 11.9 Å². The number of nitrogens with zero attached hydrogens (tertiary/aromatic N) is 4. The molecule has 2 atom stereocenters. The summed E-state index contributed by atoms with van der Waals surface area (Å²) in [7, 11) is 0. The summed E-state index contributed by atoms with van der Waals surface area (Å²) in [6.45, 7) is 9.49. The van der Waals surface area contributed by atoms with E-state index in [2.05, 4.69) is 46.4 Å². The molecule has 0 spiro atoms. The van der Waals surface area contributed by atoms with Crippen molar-refractivity contribution >= 4 is 39.3 Å². The Bertz CT molecular complexity index is 1210. The summed E-state index contributed by atoms with van der Waals surface area (Å²) in [5.74, 6) is -0.612. The molecule has 3 aromatic heterocycles. The van der Waals surface area contributed by atoms with E-state index in [1.807, 2.05) is 18.4 Å². The Hall–Kier alpha value is -3.14. The third-order valence-electron chi connectivity index (χ3n) is 5.72. The van der Waals surface area contributed by atoms with Crippen molar-refractivity contribution < 1.29 is 14.0 Å². The highest BCUT2D eigenvalue weighted by molar-refractivity contribution is 7.17. The molecule has 1 aliphatic rings. The van der Waals surface area contributed by atoms with Crippen LogP contribution in [0.3, 0.4) is 0 Å². The third kappa shape index (κ3) is 5.49. The summed E-state index contributed by atoms with van der Waals surface area (Å²) < 4.78 is 14.3. The molecule has 2 amide bonds. The molecular formula is C24H29FN6O2S. The van der Waals surface area contributed by atoms with Gasteiger partial charge in [-0.05, 0) is 41.8 Å². The van der Waals surface area contributed by atoms with Crippen molar-refractivity contribution in [3.05, 3.63) is 47.0 Å². The summed E-state index contributed by atoms with van der Waals surface area (Å²) in [5.41, 5.74) is 1.61. The van der Waals surface area contributed by atoms with Gasteiger partial charge in [-0.25, -0.2) is 14.4 Å². The van der Waals surface area contributed by atoms with Crippen LogP contribution in [-0.2, 0) is 4.79 Å². The lowest BCUT2D eigenvalue weighted by molar-refractivity contribution is -0.124. The van der Waals surface area contributed by atoms with Gasteiger partial charge in [-0.1, -0.05) is 20.8 Å². The molecule has 34 heavy (non-hydrogen) atoms. The Labute approximate surface area is 202 Å². The summed E-state index contributed by atoms with van der Waals surface area (Å²) in [5, 5.41) is 8.02. The molecule has 4 rings (SSSR count). The van der Waals surface area contributed by atoms with Crippen LogP contribution >= 0.6 is 11.3 Å². The second-order valence-corrected chi connectivity index (χ2v) is 10.8. The lowest BCUT2D eigenvalue weighted by Crippen LogP contribution is -2.38. The van der Waals surface area contributed by atoms with Gasteiger partial charge in [0, 0.05) is 25.8 Å². The SMILES string of the molecule is C[C@H](Nc1nc(C(=O)N2CCC(C(=O)NCC(C)(C)C)C2)c2sccc2n1)c1cncc(F)c1. The minimum atomic E-state index is -0.425. The van der Waals surface area contributed by atoms with Crippen molar-refractivity contribution in [3.63, 3.8) is 0 Å². The fourth-order valence-corrected chi connectivity index (χ4v) is 4.63. The fraction of sp³-hybridized carbons (Fsp3) is 0.458. The molecule has 3 aromatic rings. The topological polar surface area (TPSA) is 100 Å². The Kier molecular flexibility index (Phi) is 6.79. The monoisotopic (exact) mass is 484 g/mol. The number of likely N-dealkylation sites (tertiary alicyclic amines) is 1. The van der Waals surface area contributed by atoms with Gasteiger partial charge in [0.05, 0.1) is 28.4 Å². The largest absolute Gasteiger partial charge is 0.355 e. The Balaban J connectivity index is 1.51. The van der Waals surface area contributed by atoms with Gasteiger partial charge in [0.1, 0.15) is 5.82 Å². The van der Waals surface area contributed by atoms with E-state index in [0.29, 0.717) is 47.5 Å². The molecular weight excluding hydrogens is 455 g/mol. The quantitative estimate of drug-likeness (QED) is 0.548. The van der Waals surface area contributed by atoms with Crippen molar-refractivity contribution in [1.82, 2.24) is 25.2 Å². The summed E-state index contributed by atoms with van der Waals surface area (Å²) in [4.78, 5) is 40.6. The molecule has 1 fully saturated rings. The van der Waals surface area contributed by atoms with E-state index in [0.717, 1.165) is 6.20 Å². The van der Waals surface area contributed by atoms with E-state index >= 15 is 0 Å². The van der Waals surface area contributed by atoms with E-state index in [-0.39, 0.29) is 35.1 Å². The first-order valence-corrected chi connectivity index (χ1v) is 12.2. The molecule has 1 saturated heterocycles. The zero-order chi connectivity index (χ0) is 24.5. The normalized spacial score (nSPS) is 17.1. The molecule has 1 aliphatic heterocycles. The third-order valence-corrected chi connectivity index (χ3v) is 6.63. The number of amides is 2. The maximum Gasteiger partial charge on any atom is 0.274 e. The fourth-order valence-electron chi connectivity index (χ4n) is 3.82. The van der Waals surface area contributed by atoms with E-state index < -0.39 is 5.82 Å². The summed E-state index contributed by atoms with van der Waals surface area (Å²) >= 11 is 1.41. The minimum absolute atomic E-state index is 0.00235. The average molecular weight is 485 g/mol. The summed E-state index contributed by atoms with van der Waals surface area (Å²) in [6.07, 6.45) is 3.34. The number of carbonyl (C=O) groups excluding carboxylic acids is 2. The Morgan fingerprint density at radius 2 is 2.09 bits per heavy atom. The number of hydrogen-bond donors (Lipinski definition) is 2. The van der Waals surface area contributed by atoms with Crippen LogP contribution in [0.15, 0.2) is 29.9 Å². The van der Waals surface area contributed by atoms with Gasteiger partial charge in [-0.3, -0.25) is 14.6 Å². The first kappa shape index (κ1) is 24.0. The van der Waals surface area contributed by atoms with Crippen LogP contribution in [0.2, 0.25) is 0 Å². The van der Waals surface area contributed by atoms with E-state index in [9.17, 15) is 14.0 Å². The highest BCUT2D eigenvalue weighted by atomic mass is 32.1. The predicted molar refractivity (Wildman–Crippen MR) is 130 cm³/mol. The number of anilines is 1. The number of thiophene rings is 1. The lowest BCUT2D eigenvalue weighted by Gasteiger charge is -2.21. The molecule has 180 valence electrons. The van der Waals surface area contributed by atoms with Crippen LogP contribution in [0.5, 0.6) is 0 Å². The highest BCUT2D eigenvalue weighted by Crippen LogP contribution is 2.28. The second kappa shape index (κ2) is 9.61. The lowest BCUT2D eigenvalue weighted by atomic mass is 9.96. The van der Waals surface area contributed by atoms with Crippen molar-refractivity contribution in [1.29, 1.82) is 0 Å². The van der Waals surface area contributed by atoms with Crippen LogP contribution in [0.25, 0.3) is 10.2 Å². The van der Waals surface area contributed by atoms with Crippen LogP contribution in [0.1, 0.15) is 56.2 Å². The molecule has 0 saturated carbocycles. The molecule has 4 heterocycles. The zero-order valence-electron chi connectivity index (χ0n) is 19.8. The van der Waals surface area contributed by atoms with Crippen LogP contribution in [0, 0.1) is 17.2 Å². The molecule has 0 bridgehead atoms. The number of fused-ring (bicyclic) bond motifs is 1. The van der Waals surface area contributed by atoms with Crippen molar-refractivity contribution in [2.24, 2.45) is 11.3 Å². The molecule has 0 radical (unpaired) electrons. The first-order chi connectivity index (χ1) is 16.1. The zero-order valence-corrected chi connectivity index (χ0v) is 20.6. The summed E-state index contributed by atoms with van der Waals surface area (Å²) in [6, 6.07) is 2.92. The molecule has 10 heteroatoms. The van der Waals surface area contributed by atoms with Crippen molar-refractivity contribution in [2.75, 3.05) is 25.0 Å². The molecule has 0 aliphatic carbocycles. The second-order valence-electron chi connectivity index (χ2n) is 9.85. The number of pyridine rings is 1. The van der Waals surface area contributed by atoms with Crippen molar-refractivity contribution in [3.8, 4) is 0 Å². The van der Waals surface area contributed by atoms with Crippen LogP contribution in [0.4, 0.5) is 10.3 Å².